The van der Waals surface area contributed by atoms with Crippen molar-refractivity contribution in [2.75, 3.05) is 6.61 Å². The summed E-state index contributed by atoms with van der Waals surface area (Å²) in [5.41, 5.74) is 0. The third kappa shape index (κ3) is 23.1. The van der Waals surface area contributed by atoms with Gasteiger partial charge in [0.1, 0.15) is 0 Å². The molecule has 0 bridgehead atoms. The molecule has 3 N–H and O–H groups in total. The normalized spacial score (nSPS) is 13.2. The fourth-order valence-electron chi connectivity index (χ4n) is 4.71. The second kappa shape index (κ2) is 27.0. The molecule has 4 heteroatoms. The lowest BCUT2D eigenvalue weighted by Crippen LogP contribution is -2.45. The zero-order valence-corrected chi connectivity index (χ0v) is 23.1. The molecular formula is C30H61NO3. The van der Waals surface area contributed by atoms with Gasteiger partial charge in [0.25, 0.3) is 0 Å². The molecule has 0 fully saturated rings. The number of nitrogens with one attached hydrogen (secondary N) is 1. The summed E-state index contributed by atoms with van der Waals surface area (Å²) in [6, 6.07) is -0.525. The topological polar surface area (TPSA) is 69.6 Å². The fraction of sp³-hybridized carbons (Fsp3) is 0.967. The summed E-state index contributed by atoms with van der Waals surface area (Å²) in [5.74, 6) is -0.0349. The molecule has 0 heterocycles. The second-order valence-corrected chi connectivity index (χ2v) is 10.5. The van der Waals surface area contributed by atoms with Gasteiger partial charge in [-0.2, -0.15) is 0 Å². The number of aliphatic hydroxyl groups excluding tert-OH is 2. The lowest BCUT2D eigenvalue weighted by molar-refractivity contribution is -0.123. The van der Waals surface area contributed by atoms with E-state index in [2.05, 4.69) is 19.2 Å². The van der Waals surface area contributed by atoms with Crippen molar-refractivity contribution in [3.8, 4) is 0 Å². The Labute approximate surface area is 213 Å². The van der Waals surface area contributed by atoms with Crippen LogP contribution in [0.15, 0.2) is 0 Å². The number of amides is 1. The molecule has 2 unspecified atom stereocenters. The molecule has 34 heavy (non-hydrogen) atoms. The third-order valence-corrected chi connectivity index (χ3v) is 7.12. The van der Waals surface area contributed by atoms with Gasteiger partial charge in [-0.3, -0.25) is 4.79 Å². The molecule has 2 atom stereocenters. The number of carbonyl (C=O) groups is 1. The zero-order chi connectivity index (χ0) is 25.1. The SMILES string of the molecule is CCCCCCCCCCCCCCC(O)C(CO)NC(=O)CCCCCCCCCCCC. The standard InChI is InChI=1S/C30H61NO3/c1-3-5-7-9-11-13-15-16-17-19-21-23-25-29(33)28(27-32)31-30(34)26-24-22-20-18-14-12-10-8-6-4-2/h28-29,32-33H,3-27H2,1-2H3,(H,31,34). The van der Waals surface area contributed by atoms with E-state index >= 15 is 0 Å². The molecule has 1 amide bonds. The lowest BCUT2D eigenvalue weighted by atomic mass is 10.0. The van der Waals surface area contributed by atoms with Gasteiger partial charge in [-0.1, -0.05) is 149 Å². The molecule has 0 aromatic heterocycles. The van der Waals surface area contributed by atoms with Gasteiger partial charge in [-0.05, 0) is 12.8 Å². The van der Waals surface area contributed by atoms with Crippen LogP contribution in [0.1, 0.15) is 168 Å². The highest BCUT2D eigenvalue weighted by atomic mass is 16.3. The number of aliphatic hydroxyl groups is 2. The largest absolute Gasteiger partial charge is 0.394 e. The van der Waals surface area contributed by atoms with E-state index in [-0.39, 0.29) is 12.5 Å². The Morgan fingerprint density at radius 1 is 0.588 bits per heavy atom. The van der Waals surface area contributed by atoms with Crippen molar-refractivity contribution in [2.45, 2.75) is 180 Å². The van der Waals surface area contributed by atoms with Crippen LogP contribution in [0.3, 0.4) is 0 Å². The van der Waals surface area contributed by atoms with E-state index in [1.165, 1.54) is 116 Å². The van der Waals surface area contributed by atoms with Gasteiger partial charge in [-0.15, -0.1) is 0 Å². The summed E-state index contributed by atoms with van der Waals surface area (Å²) < 4.78 is 0. The summed E-state index contributed by atoms with van der Waals surface area (Å²) in [6.07, 6.45) is 28.5. The highest BCUT2D eigenvalue weighted by Crippen LogP contribution is 2.14. The number of hydrogen-bond donors (Lipinski definition) is 3. The summed E-state index contributed by atoms with van der Waals surface area (Å²) in [6.45, 7) is 4.32. The monoisotopic (exact) mass is 483 g/mol. The quantitative estimate of drug-likeness (QED) is 0.103. The van der Waals surface area contributed by atoms with Crippen LogP contribution in [0.2, 0.25) is 0 Å². The van der Waals surface area contributed by atoms with Crippen LogP contribution < -0.4 is 5.32 Å². The lowest BCUT2D eigenvalue weighted by Gasteiger charge is -2.22. The molecule has 0 saturated carbocycles. The van der Waals surface area contributed by atoms with Gasteiger partial charge in [0, 0.05) is 6.42 Å². The van der Waals surface area contributed by atoms with Crippen LogP contribution in [0, 0.1) is 0 Å². The van der Waals surface area contributed by atoms with Gasteiger partial charge < -0.3 is 15.5 Å². The van der Waals surface area contributed by atoms with Gasteiger partial charge in [-0.25, -0.2) is 0 Å². The molecule has 4 nitrogen and oxygen atoms in total. The third-order valence-electron chi connectivity index (χ3n) is 7.12. The van der Waals surface area contributed by atoms with E-state index < -0.39 is 12.1 Å². The molecule has 0 aliphatic carbocycles. The summed E-state index contributed by atoms with van der Waals surface area (Å²) in [4.78, 5) is 12.2. The first-order valence-electron chi connectivity index (χ1n) is 15.2. The van der Waals surface area contributed by atoms with Crippen molar-refractivity contribution in [3.63, 3.8) is 0 Å². The van der Waals surface area contributed by atoms with Crippen molar-refractivity contribution >= 4 is 5.91 Å². The Balaban J connectivity index is 3.59. The van der Waals surface area contributed by atoms with Gasteiger partial charge >= 0.3 is 0 Å². The smallest absolute Gasteiger partial charge is 0.220 e. The molecule has 0 radical (unpaired) electrons. The highest BCUT2D eigenvalue weighted by Gasteiger charge is 2.19. The average Bonchev–Trinajstić information content (AvgIpc) is 2.84. The molecule has 204 valence electrons. The highest BCUT2D eigenvalue weighted by molar-refractivity contribution is 5.76. The molecule has 0 aromatic rings. The Morgan fingerprint density at radius 3 is 1.32 bits per heavy atom. The first kappa shape index (κ1) is 33.4. The molecular weight excluding hydrogens is 422 g/mol. The van der Waals surface area contributed by atoms with E-state index in [0.717, 1.165) is 25.7 Å². The molecule has 0 aliphatic heterocycles. The Bertz CT molecular complexity index is 416. The predicted molar refractivity (Wildman–Crippen MR) is 147 cm³/mol. The predicted octanol–water partition coefficient (Wildman–Crippen LogP) is 8.23. The summed E-state index contributed by atoms with van der Waals surface area (Å²) >= 11 is 0. The number of unbranched alkanes of at least 4 members (excludes halogenated alkanes) is 20. The molecule has 0 spiro atoms. The van der Waals surface area contributed by atoms with Crippen LogP contribution in [0.25, 0.3) is 0 Å². The zero-order valence-electron chi connectivity index (χ0n) is 23.1. The van der Waals surface area contributed by atoms with Crippen molar-refractivity contribution in [2.24, 2.45) is 0 Å². The molecule has 0 saturated heterocycles. The Hall–Kier alpha value is -0.610. The number of hydrogen-bond acceptors (Lipinski definition) is 3. The molecule has 0 aliphatic rings. The minimum absolute atomic E-state index is 0.0349. The second-order valence-electron chi connectivity index (χ2n) is 10.5. The number of carbonyl (C=O) groups excluding carboxylic acids is 1. The van der Waals surface area contributed by atoms with Gasteiger partial charge in [0.05, 0.1) is 18.8 Å². The van der Waals surface area contributed by atoms with Crippen LogP contribution in [-0.2, 0) is 4.79 Å². The Kier molecular flexibility index (Phi) is 26.5. The molecule has 0 rings (SSSR count). The fourth-order valence-corrected chi connectivity index (χ4v) is 4.71. The van der Waals surface area contributed by atoms with E-state index in [9.17, 15) is 15.0 Å². The summed E-state index contributed by atoms with van der Waals surface area (Å²) in [7, 11) is 0. The van der Waals surface area contributed by atoms with Gasteiger partial charge in [0.2, 0.25) is 5.91 Å². The maximum atomic E-state index is 12.2. The summed E-state index contributed by atoms with van der Waals surface area (Å²) in [5, 5.41) is 22.9. The first-order valence-corrected chi connectivity index (χ1v) is 15.2. The van der Waals surface area contributed by atoms with Crippen molar-refractivity contribution < 1.29 is 15.0 Å². The average molecular weight is 484 g/mol. The van der Waals surface area contributed by atoms with Crippen molar-refractivity contribution in [1.29, 1.82) is 0 Å². The maximum Gasteiger partial charge on any atom is 0.220 e. The number of rotatable bonds is 27. The van der Waals surface area contributed by atoms with Gasteiger partial charge in [0.15, 0.2) is 0 Å². The van der Waals surface area contributed by atoms with Crippen molar-refractivity contribution in [1.82, 2.24) is 5.32 Å². The van der Waals surface area contributed by atoms with Crippen molar-refractivity contribution in [3.05, 3.63) is 0 Å². The molecule has 0 aromatic carbocycles. The van der Waals surface area contributed by atoms with Crippen LogP contribution in [0.4, 0.5) is 0 Å². The van der Waals surface area contributed by atoms with Crippen LogP contribution in [0.5, 0.6) is 0 Å². The first-order chi connectivity index (χ1) is 16.7. The van der Waals surface area contributed by atoms with E-state index in [0.29, 0.717) is 12.8 Å². The van der Waals surface area contributed by atoms with Crippen LogP contribution in [-0.4, -0.2) is 34.9 Å². The van der Waals surface area contributed by atoms with E-state index in [1.54, 1.807) is 0 Å². The van der Waals surface area contributed by atoms with Crippen LogP contribution >= 0.6 is 0 Å². The van der Waals surface area contributed by atoms with E-state index in [4.69, 9.17) is 0 Å². The minimum atomic E-state index is -0.648. The minimum Gasteiger partial charge on any atom is -0.394 e. The van der Waals surface area contributed by atoms with E-state index in [1.807, 2.05) is 0 Å². The maximum absolute atomic E-state index is 12.2. The Morgan fingerprint density at radius 2 is 0.941 bits per heavy atom.